The molecule has 1 N–H and O–H groups in total. The highest BCUT2D eigenvalue weighted by atomic mass is 79.9. The molecule has 25 heavy (non-hydrogen) atoms. The van der Waals surface area contributed by atoms with Gasteiger partial charge in [-0.2, -0.15) is 0 Å². The highest BCUT2D eigenvalue weighted by molar-refractivity contribution is 9.10. The van der Waals surface area contributed by atoms with Crippen LogP contribution in [0.15, 0.2) is 53.0 Å². The molecule has 0 aliphatic carbocycles. The Kier molecular flexibility index (Phi) is 7.41. The fourth-order valence-electron chi connectivity index (χ4n) is 3.10. The molecule has 6 heteroatoms. The Morgan fingerprint density at radius 1 is 1.24 bits per heavy atom. The van der Waals surface area contributed by atoms with Crippen LogP contribution in [0.4, 0.5) is 4.39 Å². The second kappa shape index (κ2) is 9.32. The molecule has 134 valence electrons. The first kappa shape index (κ1) is 19.9. The van der Waals surface area contributed by atoms with E-state index in [0.29, 0.717) is 25.9 Å². The summed E-state index contributed by atoms with van der Waals surface area (Å²) >= 11 is 3.45. The van der Waals surface area contributed by atoms with Crippen molar-refractivity contribution in [2.24, 2.45) is 0 Å². The maximum absolute atomic E-state index is 13.5. The molecular formula is C19H21BrClFN2O. The minimum absolute atomic E-state index is 0. The average molecular weight is 428 g/mol. The van der Waals surface area contributed by atoms with E-state index in [1.165, 1.54) is 12.1 Å². The van der Waals surface area contributed by atoms with Crippen molar-refractivity contribution < 1.29 is 9.18 Å². The zero-order valence-corrected chi connectivity index (χ0v) is 16.2. The normalized spacial score (nSPS) is 17.0. The average Bonchev–Trinajstić information content (AvgIpc) is 2.60. The van der Waals surface area contributed by atoms with Gasteiger partial charge in [-0.05, 0) is 41.8 Å². The summed E-state index contributed by atoms with van der Waals surface area (Å²) in [6.07, 6.45) is 1.17. The Bertz CT molecular complexity index is 728. The highest BCUT2D eigenvalue weighted by Crippen LogP contribution is 2.24. The molecule has 1 aliphatic heterocycles. The molecule has 1 unspecified atom stereocenters. The number of piperazine rings is 1. The monoisotopic (exact) mass is 426 g/mol. The van der Waals surface area contributed by atoms with E-state index >= 15 is 0 Å². The van der Waals surface area contributed by atoms with Crippen molar-refractivity contribution in [1.82, 2.24) is 10.2 Å². The standard InChI is InChI=1S/C19H20BrFN2O.ClH/c20-16-5-1-3-14(11-16)7-8-19(24)23-10-9-22-13-18(23)15-4-2-6-17(21)12-15;/h1-6,11-12,18,22H,7-10,13H2;1H. The number of carbonyl (C=O) groups excluding carboxylic acids is 1. The van der Waals surface area contributed by atoms with Gasteiger partial charge in [-0.25, -0.2) is 4.39 Å². The Balaban J connectivity index is 0.00000225. The minimum Gasteiger partial charge on any atom is -0.333 e. The van der Waals surface area contributed by atoms with E-state index < -0.39 is 0 Å². The third-order valence-corrected chi connectivity index (χ3v) is 4.81. The number of nitrogens with one attached hydrogen (secondary N) is 1. The van der Waals surface area contributed by atoms with Crippen molar-refractivity contribution in [2.75, 3.05) is 19.6 Å². The molecule has 2 aromatic carbocycles. The first-order valence-corrected chi connectivity index (χ1v) is 8.93. The maximum atomic E-state index is 13.5. The van der Waals surface area contributed by atoms with Crippen molar-refractivity contribution in [2.45, 2.75) is 18.9 Å². The van der Waals surface area contributed by atoms with Crippen LogP contribution in [0.25, 0.3) is 0 Å². The van der Waals surface area contributed by atoms with Gasteiger partial charge in [-0.3, -0.25) is 4.79 Å². The zero-order valence-electron chi connectivity index (χ0n) is 13.8. The van der Waals surface area contributed by atoms with E-state index in [-0.39, 0.29) is 30.2 Å². The van der Waals surface area contributed by atoms with Gasteiger partial charge in [-0.15, -0.1) is 12.4 Å². The molecule has 3 rings (SSSR count). The van der Waals surface area contributed by atoms with Crippen LogP contribution < -0.4 is 5.32 Å². The van der Waals surface area contributed by atoms with Crippen molar-refractivity contribution in [3.63, 3.8) is 0 Å². The quantitative estimate of drug-likeness (QED) is 0.796. The Morgan fingerprint density at radius 2 is 2.04 bits per heavy atom. The molecule has 1 heterocycles. The van der Waals surface area contributed by atoms with Gasteiger partial charge in [0.1, 0.15) is 5.82 Å². The Hall–Kier alpha value is -1.43. The van der Waals surface area contributed by atoms with Crippen LogP contribution in [0, 0.1) is 5.82 Å². The molecule has 0 aromatic heterocycles. The fourth-order valence-corrected chi connectivity index (χ4v) is 3.55. The number of hydrogen-bond acceptors (Lipinski definition) is 2. The van der Waals surface area contributed by atoms with Crippen molar-refractivity contribution >= 4 is 34.2 Å². The van der Waals surface area contributed by atoms with Crippen LogP contribution in [-0.4, -0.2) is 30.4 Å². The second-order valence-electron chi connectivity index (χ2n) is 5.99. The molecule has 0 saturated carbocycles. The van der Waals surface area contributed by atoms with Gasteiger partial charge in [0.2, 0.25) is 5.91 Å². The van der Waals surface area contributed by atoms with Crippen LogP contribution in [0.5, 0.6) is 0 Å². The zero-order chi connectivity index (χ0) is 16.9. The van der Waals surface area contributed by atoms with Gasteiger partial charge in [-0.1, -0.05) is 40.2 Å². The van der Waals surface area contributed by atoms with Crippen molar-refractivity contribution in [1.29, 1.82) is 0 Å². The summed E-state index contributed by atoms with van der Waals surface area (Å²) in [5, 5.41) is 3.30. The predicted octanol–water partition coefficient (Wildman–Crippen LogP) is 4.12. The number of benzene rings is 2. The van der Waals surface area contributed by atoms with Gasteiger partial charge in [0, 0.05) is 30.5 Å². The smallest absolute Gasteiger partial charge is 0.223 e. The van der Waals surface area contributed by atoms with Gasteiger partial charge in [0.15, 0.2) is 0 Å². The van der Waals surface area contributed by atoms with E-state index in [4.69, 9.17) is 0 Å². The highest BCUT2D eigenvalue weighted by Gasteiger charge is 2.27. The molecule has 2 aromatic rings. The van der Waals surface area contributed by atoms with E-state index in [9.17, 15) is 9.18 Å². The Morgan fingerprint density at radius 3 is 2.80 bits per heavy atom. The van der Waals surface area contributed by atoms with E-state index in [0.717, 1.165) is 22.1 Å². The molecule has 1 aliphatic rings. The summed E-state index contributed by atoms with van der Waals surface area (Å²) in [4.78, 5) is 14.6. The Labute approximate surface area is 162 Å². The largest absolute Gasteiger partial charge is 0.333 e. The molecule has 1 amide bonds. The lowest BCUT2D eigenvalue weighted by atomic mass is 10.0. The number of carbonyl (C=O) groups is 1. The number of rotatable bonds is 4. The first-order chi connectivity index (χ1) is 11.6. The summed E-state index contributed by atoms with van der Waals surface area (Å²) in [5.74, 6) is -0.148. The molecule has 1 saturated heterocycles. The maximum Gasteiger partial charge on any atom is 0.223 e. The number of amides is 1. The van der Waals surface area contributed by atoms with E-state index in [1.807, 2.05) is 35.2 Å². The van der Waals surface area contributed by atoms with Gasteiger partial charge in [0.05, 0.1) is 6.04 Å². The third-order valence-electron chi connectivity index (χ3n) is 4.31. The lowest BCUT2D eigenvalue weighted by Gasteiger charge is -2.36. The van der Waals surface area contributed by atoms with E-state index in [2.05, 4.69) is 21.2 Å². The van der Waals surface area contributed by atoms with Crippen LogP contribution in [-0.2, 0) is 11.2 Å². The summed E-state index contributed by atoms with van der Waals surface area (Å²) in [6.45, 7) is 2.08. The lowest BCUT2D eigenvalue weighted by Crippen LogP contribution is -2.48. The first-order valence-electron chi connectivity index (χ1n) is 8.13. The van der Waals surface area contributed by atoms with Crippen LogP contribution in [0.2, 0.25) is 0 Å². The number of nitrogens with zero attached hydrogens (tertiary/aromatic N) is 1. The minimum atomic E-state index is -0.264. The van der Waals surface area contributed by atoms with Gasteiger partial charge < -0.3 is 10.2 Å². The van der Waals surface area contributed by atoms with Gasteiger partial charge in [0.25, 0.3) is 0 Å². The van der Waals surface area contributed by atoms with Crippen molar-refractivity contribution in [3.8, 4) is 0 Å². The summed E-state index contributed by atoms with van der Waals surface area (Å²) in [6, 6.07) is 14.4. The number of hydrogen-bond donors (Lipinski definition) is 1. The molecule has 1 fully saturated rings. The number of aryl methyl sites for hydroxylation is 1. The molecule has 1 atom stereocenters. The summed E-state index contributed by atoms with van der Waals surface area (Å²) in [7, 11) is 0. The van der Waals surface area contributed by atoms with Crippen LogP contribution in [0.3, 0.4) is 0 Å². The topological polar surface area (TPSA) is 32.3 Å². The third kappa shape index (κ3) is 5.27. The van der Waals surface area contributed by atoms with Crippen LogP contribution in [0.1, 0.15) is 23.6 Å². The fraction of sp³-hybridized carbons (Fsp3) is 0.316. The van der Waals surface area contributed by atoms with Crippen LogP contribution >= 0.6 is 28.3 Å². The van der Waals surface area contributed by atoms with Gasteiger partial charge >= 0.3 is 0 Å². The molecular weight excluding hydrogens is 407 g/mol. The summed E-state index contributed by atoms with van der Waals surface area (Å²) < 4.78 is 14.5. The number of halogens is 3. The SMILES string of the molecule is Cl.O=C(CCc1cccc(Br)c1)N1CCNCC1c1cccc(F)c1. The van der Waals surface area contributed by atoms with Crippen molar-refractivity contribution in [3.05, 3.63) is 69.9 Å². The molecule has 0 radical (unpaired) electrons. The second-order valence-corrected chi connectivity index (χ2v) is 6.91. The molecule has 0 spiro atoms. The predicted molar refractivity (Wildman–Crippen MR) is 103 cm³/mol. The molecule has 0 bridgehead atoms. The van der Waals surface area contributed by atoms with E-state index in [1.54, 1.807) is 6.07 Å². The molecule has 3 nitrogen and oxygen atoms in total. The lowest BCUT2D eigenvalue weighted by molar-refractivity contribution is -0.134. The summed E-state index contributed by atoms with van der Waals surface area (Å²) in [5.41, 5.74) is 1.98.